The molecule has 5 heteroatoms. The van der Waals surface area contributed by atoms with E-state index in [1.165, 1.54) is 0 Å². The van der Waals surface area contributed by atoms with Crippen LogP contribution in [0.4, 0.5) is 5.82 Å². The third-order valence-electron chi connectivity index (χ3n) is 2.35. The van der Waals surface area contributed by atoms with E-state index in [0.29, 0.717) is 23.8 Å². The Hall–Kier alpha value is -0.800. The highest BCUT2D eigenvalue weighted by Crippen LogP contribution is 2.26. The second kappa shape index (κ2) is 3.99. The summed E-state index contributed by atoms with van der Waals surface area (Å²) >= 11 is 11.7. The molecule has 1 aromatic heterocycles. The van der Waals surface area contributed by atoms with E-state index in [-0.39, 0.29) is 11.3 Å². The highest BCUT2D eigenvalue weighted by Gasteiger charge is 2.30. The standard InChI is InChI=1S/C10H10Cl2N2O/c1-6-2-7(11)4-13-10(6)14-5-8(12)3-9(14)15/h2,4,8H,3,5H2,1H3. The van der Waals surface area contributed by atoms with Crippen LogP contribution in [0.15, 0.2) is 12.3 Å². The highest BCUT2D eigenvalue weighted by molar-refractivity contribution is 6.30. The van der Waals surface area contributed by atoms with E-state index in [9.17, 15) is 4.79 Å². The van der Waals surface area contributed by atoms with Crippen LogP contribution in [0.25, 0.3) is 0 Å². The van der Waals surface area contributed by atoms with Gasteiger partial charge in [0.05, 0.1) is 10.4 Å². The Labute approximate surface area is 98.0 Å². The van der Waals surface area contributed by atoms with Crippen LogP contribution in [0, 0.1) is 6.92 Å². The van der Waals surface area contributed by atoms with Crippen LogP contribution in [0.1, 0.15) is 12.0 Å². The molecule has 0 saturated carbocycles. The van der Waals surface area contributed by atoms with Gasteiger partial charge in [-0.15, -0.1) is 11.6 Å². The Morgan fingerprint density at radius 1 is 1.60 bits per heavy atom. The third-order valence-corrected chi connectivity index (χ3v) is 2.85. The minimum atomic E-state index is -0.116. The molecule has 80 valence electrons. The maximum Gasteiger partial charge on any atom is 0.229 e. The average molecular weight is 245 g/mol. The largest absolute Gasteiger partial charge is 0.295 e. The number of halogens is 2. The number of anilines is 1. The molecule has 2 rings (SSSR count). The van der Waals surface area contributed by atoms with E-state index in [2.05, 4.69) is 4.98 Å². The lowest BCUT2D eigenvalue weighted by atomic mass is 10.3. The van der Waals surface area contributed by atoms with Gasteiger partial charge in [-0.2, -0.15) is 0 Å². The molecule has 2 heterocycles. The van der Waals surface area contributed by atoms with Gasteiger partial charge in [-0.05, 0) is 18.6 Å². The summed E-state index contributed by atoms with van der Waals surface area (Å²) in [5.74, 6) is 0.681. The van der Waals surface area contributed by atoms with Gasteiger partial charge in [0.2, 0.25) is 5.91 Å². The number of carbonyl (C=O) groups excluding carboxylic acids is 1. The molecule has 15 heavy (non-hydrogen) atoms. The predicted molar refractivity (Wildman–Crippen MR) is 60.6 cm³/mol. The fourth-order valence-electron chi connectivity index (χ4n) is 1.68. The van der Waals surface area contributed by atoms with Crippen molar-refractivity contribution < 1.29 is 4.79 Å². The van der Waals surface area contributed by atoms with E-state index < -0.39 is 0 Å². The van der Waals surface area contributed by atoms with E-state index in [4.69, 9.17) is 23.2 Å². The molecule has 1 aromatic rings. The van der Waals surface area contributed by atoms with Gasteiger partial charge >= 0.3 is 0 Å². The smallest absolute Gasteiger partial charge is 0.229 e. The molecule has 1 aliphatic rings. The van der Waals surface area contributed by atoms with Crippen LogP contribution in [0.5, 0.6) is 0 Å². The molecule has 3 nitrogen and oxygen atoms in total. The molecule has 1 atom stereocenters. The monoisotopic (exact) mass is 244 g/mol. The molecular weight excluding hydrogens is 235 g/mol. The Morgan fingerprint density at radius 3 is 2.87 bits per heavy atom. The van der Waals surface area contributed by atoms with Crippen LogP contribution in [0.3, 0.4) is 0 Å². The highest BCUT2D eigenvalue weighted by atomic mass is 35.5. The summed E-state index contributed by atoms with van der Waals surface area (Å²) in [6.07, 6.45) is 1.92. The number of alkyl halides is 1. The van der Waals surface area contributed by atoms with Gasteiger partial charge in [-0.25, -0.2) is 4.98 Å². The molecule has 0 aromatic carbocycles. The first-order valence-corrected chi connectivity index (χ1v) is 5.46. The number of aromatic nitrogens is 1. The normalized spacial score (nSPS) is 21.1. The van der Waals surface area contributed by atoms with E-state index in [1.54, 1.807) is 17.2 Å². The fraction of sp³-hybridized carbons (Fsp3) is 0.400. The molecule has 1 saturated heterocycles. The summed E-state index contributed by atoms with van der Waals surface area (Å²) in [5.41, 5.74) is 0.890. The Balaban J connectivity index is 2.34. The number of hydrogen-bond acceptors (Lipinski definition) is 2. The second-order valence-corrected chi connectivity index (χ2v) is 4.65. The zero-order valence-electron chi connectivity index (χ0n) is 8.20. The number of rotatable bonds is 1. The Morgan fingerprint density at radius 2 is 2.33 bits per heavy atom. The molecule has 0 bridgehead atoms. The molecule has 1 aliphatic heterocycles. The number of hydrogen-bond donors (Lipinski definition) is 0. The lowest BCUT2D eigenvalue weighted by Crippen LogP contribution is -2.26. The van der Waals surface area contributed by atoms with Gasteiger partial charge in [-0.3, -0.25) is 9.69 Å². The Bertz CT molecular complexity index is 408. The van der Waals surface area contributed by atoms with Gasteiger partial charge < -0.3 is 0 Å². The minimum absolute atomic E-state index is 0.0212. The van der Waals surface area contributed by atoms with E-state index >= 15 is 0 Å². The lowest BCUT2D eigenvalue weighted by Gasteiger charge is -2.16. The van der Waals surface area contributed by atoms with Gasteiger partial charge in [0.1, 0.15) is 5.82 Å². The van der Waals surface area contributed by atoms with Crippen molar-refractivity contribution in [3.05, 3.63) is 22.8 Å². The summed E-state index contributed by atoms with van der Waals surface area (Å²) in [7, 11) is 0. The molecular formula is C10H10Cl2N2O. The summed E-state index contributed by atoms with van der Waals surface area (Å²) in [4.78, 5) is 17.4. The SMILES string of the molecule is Cc1cc(Cl)cnc1N1CC(Cl)CC1=O. The molecule has 1 fully saturated rings. The Kier molecular flexibility index (Phi) is 2.85. The maximum absolute atomic E-state index is 11.6. The quantitative estimate of drug-likeness (QED) is 0.711. The second-order valence-electron chi connectivity index (χ2n) is 3.60. The van der Waals surface area contributed by atoms with Crippen molar-refractivity contribution in [2.24, 2.45) is 0 Å². The lowest BCUT2D eigenvalue weighted by molar-refractivity contribution is -0.117. The van der Waals surface area contributed by atoms with Crippen molar-refractivity contribution in [1.29, 1.82) is 0 Å². The van der Waals surface area contributed by atoms with E-state index in [1.807, 2.05) is 6.92 Å². The van der Waals surface area contributed by atoms with Gasteiger partial charge in [-0.1, -0.05) is 11.6 Å². The zero-order valence-corrected chi connectivity index (χ0v) is 9.72. The van der Waals surface area contributed by atoms with Gasteiger partial charge in [0, 0.05) is 19.2 Å². The fourth-order valence-corrected chi connectivity index (χ4v) is 2.17. The van der Waals surface area contributed by atoms with E-state index in [0.717, 1.165) is 5.56 Å². The first-order chi connectivity index (χ1) is 7.08. The maximum atomic E-state index is 11.6. The third kappa shape index (κ3) is 2.08. The number of amides is 1. The van der Waals surface area contributed by atoms with Gasteiger partial charge in [0.15, 0.2) is 0 Å². The van der Waals surface area contributed by atoms with Gasteiger partial charge in [0.25, 0.3) is 0 Å². The average Bonchev–Trinajstić information content (AvgIpc) is 2.45. The minimum Gasteiger partial charge on any atom is -0.295 e. The summed E-state index contributed by atoms with van der Waals surface area (Å²) in [6, 6.07) is 1.79. The van der Waals surface area contributed by atoms with Crippen molar-refractivity contribution in [3.63, 3.8) is 0 Å². The van der Waals surface area contributed by atoms with Crippen molar-refractivity contribution in [3.8, 4) is 0 Å². The van der Waals surface area contributed by atoms with Crippen LogP contribution < -0.4 is 4.90 Å². The van der Waals surface area contributed by atoms with Crippen LogP contribution in [0.2, 0.25) is 5.02 Å². The molecule has 1 unspecified atom stereocenters. The number of nitrogens with zero attached hydrogens (tertiary/aromatic N) is 2. The topological polar surface area (TPSA) is 33.2 Å². The zero-order chi connectivity index (χ0) is 11.0. The molecule has 0 spiro atoms. The van der Waals surface area contributed by atoms with Crippen molar-refractivity contribution in [1.82, 2.24) is 4.98 Å². The molecule has 1 amide bonds. The molecule has 0 aliphatic carbocycles. The van der Waals surface area contributed by atoms with Crippen molar-refractivity contribution in [2.45, 2.75) is 18.7 Å². The van der Waals surface area contributed by atoms with Crippen LogP contribution in [-0.2, 0) is 4.79 Å². The predicted octanol–water partition coefficient (Wildman–Crippen LogP) is 2.39. The number of aryl methyl sites for hydroxylation is 1. The van der Waals surface area contributed by atoms with Crippen LogP contribution >= 0.6 is 23.2 Å². The van der Waals surface area contributed by atoms with Crippen molar-refractivity contribution in [2.75, 3.05) is 11.4 Å². The summed E-state index contributed by atoms with van der Waals surface area (Å²) < 4.78 is 0. The molecule has 0 radical (unpaired) electrons. The molecule has 0 N–H and O–H groups in total. The summed E-state index contributed by atoms with van der Waals surface area (Å²) in [5, 5.41) is 0.458. The van der Waals surface area contributed by atoms with Crippen molar-refractivity contribution >= 4 is 34.9 Å². The van der Waals surface area contributed by atoms with Crippen LogP contribution in [-0.4, -0.2) is 22.8 Å². The number of pyridine rings is 1. The summed E-state index contributed by atoms with van der Waals surface area (Å²) in [6.45, 7) is 2.40. The first kappa shape index (κ1) is 10.7. The first-order valence-electron chi connectivity index (χ1n) is 4.64. The number of carbonyl (C=O) groups is 1.